The first-order chi connectivity index (χ1) is 13.0. The number of hydrogen-bond acceptors (Lipinski definition) is 3. The molecule has 2 aromatic carbocycles. The number of aromatic nitrogens is 3. The number of amides is 1. The molecule has 5 nitrogen and oxygen atoms in total. The zero-order valence-electron chi connectivity index (χ0n) is 15.0. The van der Waals surface area contributed by atoms with Crippen molar-refractivity contribution in [2.45, 2.75) is 26.3 Å². The highest BCUT2D eigenvalue weighted by molar-refractivity contribution is 6.06. The lowest BCUT2D eigenvalue weighted by Gasteiger charge is -2.16. The summed E-state index contributed by atoms with van der Waals surface area (Å²) >= 11 is 0. The molecule has 138 valence electrons. The molecule has 0 saturated heterocycles. The Morgan fingerprint density at radius 1 is 1.22 bits per heavy atom. The average Bonchev–Trinajstić information content (AvgIpc) is 3.18. The molecule has 1 atom stereocenters. The van der Waals surface area contributed by atoms with Gasteiger partial charge in [-0.05, 0) is 24.6 Å². The molecular formula is C20H18F2N4O. The fourth-order valence-corrected chi connectivity index (χ4v) is 3.46. The first kappa shape index (κ1) is 17.3. The van der Waals surface area contributed by atoms with E-state index in [0.717, 1.165) is 17.3 Å². The lowest BCUT2D eigenvalue weighted by atomic mass is 10.0. The molecule has 0 radical (unpaired) electrons. The maximum atomic E-state index is 13.9. The van der Waals surface area contributed by atoms with Crippen LogP contribution >= 0.6 is 0 Å². The molecule has 1 amide bonds. The third-order valence-corrected chi connectivity index (χ3v) is 4.98. The summed E-state index contributed by atoms with van der Waals surface area (Å²) in [4.78, 5) is 14.7. The Morgan fingerprint density at radius 2 is 2.00 bits per heavy atom. The van der Waals surface area contributed by atoms with Gasteiger partial charge in [-0.25, -0.2) is 13.5 Å². The molecule has 4 rings (SSSR count). The fraction of sp³-hybridized carbons (Fsp3) is 0.250. The van der Waals surface area contributed by atoms with Crippen LogP contribution in [0.1, 0.15) is 40.2 Å². The van der Waals surface area contributed by atoms with E-state index in [1.165, 1.54) is 16.8 Å². The number of rotatable bonds is 3. The smallest absolute Gasteiger partial charge is 0.280 e. The van der Waals surface area contributed by atoms with Crippen LogP contribution in [0.3, 0.4) is 0 Å². The van der Waals surface area contributed by atoms with Gasteiger partial charge in [0.05, 0.1) is 12.2 Å². The zero-order valence-corrected chi connectivity index (χ0v) is 15.0. The van der Waals surface area contributed by atoms with Gasteiger partial charge in [-0.2, -0.15) is 0 Å². The van der Waals surface area contributed by atoms with Crippen LogP contribution in [0.25, 0.3) is 0 Å². The van der Waals surface area contributed by atoms with Crippen LogP contribution in [-0.2, 0) is 6.54 Å². The summed E-state index contributed by atoms with van der Waals surface area (Å²) in [6, 6.07) is 11.2. The summed E-state index contributed by atoms with van der Waals surface area (Å²) in [5.74, 6) is -1.27. The van der Waals surface area contributed by atoms with Crippen LogP contribution in [0.15, 0.2) is 42.5 Å². The summed E-state index contributed by atoms with van der Waals surface area (Å²) < 4.78 is 28.4. The number of hydrogen-bond donors (Lipinski definition) is 0. The summed E-state index contributed by atoms with van der Waals surface area (Å²) in [5, 5.41) is 8.03. The van der Waals surface area contributed by atoms with Crippen molar-refractivity contribution in [3.05, 3.63) is 76.6 Å². The van der Waals surface area contributed by atoms with E-state index in [2.05, 4.69) is 17.2 Å². The molecule has 0 N–H and O–H groups in total. The highest BCUT2D eigenvalue weighted by Crippen LogP contribution is 2.36. The van der Waals surface area contributed by atoms with Crippen LogP contribution in [0, 0.1) is 18.6 Å². The molecule has 3 aromatic rings. The standard InChI is InChI=1S/C20H18F2N4O/c1-12-10-25(18-6-4-3-5-16(12)18)20(27)19-13(2)26(24-23-19)11-14-7-8-15(21)9-17(14)22/h3-9,12H,10-11H2,1-2H3. The monoisotopic (exact) mass is 368 g/mol. The fourth-order valence-electron chi connectivity index (χ4n) is 3.46. The number of para-hydroxylation sites is 1. The second kappa shape index (κ2) is 6.57. The molecule has 1 aliphatic heterocycles. The lowest BCUT2D eigenvalue weighted by molar-refractivity contribution is 0.0983. The molecule has 7 heteroatoms. The second-order valence-corrected chi connectivity index (χ2v) is 6.79. The molecule has 2 heterocycles. The van der Waals surface area contributed by atoms with Gasteiger partial charge >= 0.3 is 0 Å². The minimum absolute atomic E-state index is 0.0746. The minimum atomic E-state index is -0.653. The van der Waals surface area contributed by atoms with Crippen molar-refractivity contribution in [3.8, 4) is 0 Å². The molecule has 0 spiro atoms. The first-order valence-electron chi connectivity index (χ1n) is 8.70. The van der Waals surface area contributed by atoms with Gasteiger partial charge in [0.15, 0.2) is 5.69 Å². The maximum absolute atomic E-state index is 13.9. The van der Waals surface area contributed by atoms with E-state index < -0.39 is 11.6 Å². The van der Waals surface area contributed by atoms with Crippen LogP contribution in [0.4, 0.5) is 14.5 Å². The number of benzene rings is 2. The van der Waals surface area contributed by atoms with Crippen LogP contribution < -0.4 is 4.90 Å². The van der Waals surface area contributed by atoms with Gasteiger partial charge in [0.25, 0.3) is 5.91 Å². The van der Waals surface area contributed by atoms with Crippen molar-refractivity contribution in [3.63, 3.8) is 0 Å². The Kier molecular flexibility index (Phi) is 4.22. The molecule has 0 fully saturated rings. The molecule has 0 aliphatic carbocycles. The summed E-state index contributed by atoms with van der Waals surface area (Å²) in [5.41, 5.74) is 3.07. The van der Waals surface area contributed by atoms with Crippen molar-refractivity contribution in [1.29, 1.82) is 0 Å². The van der Waals surface area contributed by atoms with Crippen molar-refractivity contribution in [2.75, 3.05) is 11.4 Å². The van der Waals surface area contributed by atoms with E-state index in [9.17, 15) is 13.6 Å². The highest BCUT2D eigenvalue weighted by Gasteiger charge is 2.32. The lowest BCUT2D eigenvalue weighted by Crippen LogP contribution is -2.30. The van der Waals surface area contributed by atoms with E-state index in [4.69, 9.17) is 0 Å². The minimum Gasteiger partial charge on any atom is -0.306 e. The Balaban J connectivity index is 1.62. The summed E-state index contributed by atoms with van der Waals surface area (Å²) in [7, 11) is 0. The van der Waals surface area contributed by atoms with Gasteiger partial charge < -0.3 is 4.90 Å². The third kappa shape index (κ3) is 2.99. The van der Waals surface area contributed by atoms with Crippen molar-refractivity contribution in [2.24, 2.45) is 0 Å². The Bertz CT molecular complexity index is 1030. The van der Waals surface area contributed by atoms with E-state index in [-0.39, 0.29) is 29.6 Å². The predicted molar refractivity (Wildman–Crippen MR) is 96.8 cm³/mol. The highest BCUT2D eigenvalue weighted by atomic mass is 19.1. The number of carbonyl (C=O) groups is 1. The van der Waals surface area contributed by atoms with Crippen molar-refractivity contribution < 1.29 is 13.6 Å². The van der Waals surface area contributed by atoms with Crippen molar-refractivity contribution >= 4 is 11.6 Å². The first-order valence-corrected chi connectivity index (χ1v) is 8.70. The molecule has 0 bridgehead atoms. The summed E-state index contributed by atoms with van der Waals surface area (Å²) in [6.45, 7) is 4.45. The van der Waals surface area contributed by atoms with Crippen molar-refractivity contribution in [1.82, 2.24) is 15.0 Å². The third-order valence-electron chi connectivity index (χ3n) is 4.98. The molecule has 1 unspecified atom stereocenters. The number of nitrogens with zero attached hydrogens (tertiary/aromatic N) is 4. The average molecular weight is 368 g/mol. The largest absolute Gasteiger partial charge is 0.306 e. The van der Waals surface area contributed by atoms with Gasteiger partial charge in [-0.3, -0.25) is 4.79 Å². The van der Waals surface area contributed by atoms with Gasteiger partial charge in [0, 0.05) is 29.8 Å². The van der Waals surface area contributed by atoms with Gasteiger partial charge in [0.1, 0.15) is 11.6 Å². The van der Waals surface area contributed by atoms with E-state index in [1.54, 1.807) is 11.8 Å². The Labute approximate surface area is 155 Å². The molecule has 1 aliphatic rings. The Hall–Kier alpha value is -3.09. The quantitative estimate of drug-likeness (QED) is 0.709. The number of halogens is 2. The van der Waals surface area contributed by atoms with Gasteiger partial charge in [0.2, 0.25) is 0 Å². The normalized spacial score (nSPS) is 15.9. The van der Waals surface area contributed by atoms with Crippen LogP contribution in [0.2, 0.25) is 0 Å². The van der Waals surface area contributed by atoms with E-state index in [1.807, 2.05) is 24.3 Å². The predicted octanol–water partition coefficient (Wildman–Crippen LogP) is 3.68. The second-order valence-electron chi connectivity index (χ2n) is 6.79. The number of anilines is 1. The molecule has 0 saturated carbocycles. The topological polar surface area (TPSA) is 51.0 Å². The van der Waals surface area contributed by atoms with Crippen LogP contribution in [-0.4, -0.2) is 27.4 Å². The van der Waals surface area contributed by atoms with E-state index >= 15 is 0 Å². The van der Waals surface area contributed by atoms with E-state index in [0.29, 0.717) is 12.2 Å². The molecular weight excluding hydrogens is 350 g/mol. The molecule has 1 aromatic heterocycles. The number of carbonyl (C=O) groups excluding carboxylic acids is 1. The SMILES string of the molecule is Cc1c(C(=O)N2CC(C)c3ccccc32)nnn1Cc1ccc(F)cc1F. The van der Waals surface area contributed by atoms with Gasteiger partial charge in [-0.1, -0.05) is 36.4 Å². The van der Waals surface area contributed by atoms with Crippen LogP contribution in [0.5, 0.6) is 0 Å². The Morgan fingerprint density at radius 3 is 2.78 bits per heavy atom. The summed E-state index contributed by atoms with van der Waals surface area (Å²) in [6.07, 6.45) is 0. The number of fused-ring (bicyclic) bond motifs is 1. The van der Waals surface area contributed by atoms with Gasteiger partial charge in [-0.15, -0.1) is 5.10 Å². The zero-order chi connectivity index (χ0) is 19.1. The maximum Gasteiger partial charge on any atom is 0.280 e. The molecule has 27 heavy (non-hydrogen) atoms.